The normalized spacial score (nSPS) is 10.1. The number of pyridine rings is 1. The number of nitrogens with zero attached hydrogens (tertiary/aromatic N) is 1. The quantitative estimate of drug-likeness (QED) is 0.856. The molecule has 0 amide bonds. The number of nitrogen functional groups attached to an aromatic ring is 1. The highest BCUT2D eigenvalue weighted by atomic mass is 79.9. The van der Waals surface area contributed by atoms with Gasteiger partial charge in [0.2, 0.25) is 5.88 Å². The minimum atomic E-state index is 0.454. The summed E-state index contributed by atoms with van der Waals surface area (Å²) in [7, 11) is 0. The maximum absolute atomic E-state index is 5.97. The molecule has 5 heteroatoms. The van der Waals surface area contributed by atoms with E-state index >= 15 is 0 Å². The molecule has 2 aromatic rings. The predicted octanol–water partition coefficient (Wildman–Crippen LogP) is 3.87. The summed E-state index contributed by atoms with van der Waals surface area (Å²) in [6.45, 7) is 0. The number of rotatable bonds is 2. The van der Waals surface area contributed by atoms with Gasteiger partial charge in [0.15, 0.2) is 0 Å². The van der Waals surface area contributed by atoms with Crippen LogP contribution in [-0.4, -0.2) is 4.98 Å². The third-order valence-electron chi connectivity index (χ3n) is 1.89. The molecule has 1 aromatic heterocycles. The second-order valence-corrected chi connectivity index (χ2v) is 4.34. The van der Waals surface area contributed by atoms with Crippen molar-refractivity contribution in [2.75, 3.05) is 5.73 Å². The molecule has 82 valence electrons. The van der Waals surface area contributed by atoms with E-state index in [2.05, 4.69) is 20.9 Å². The average Bonchev–Trinajstić information content (AvgIpc) is 2.27. The Labute approximate surface area is 106 Å². The number of hydrogen-bond donors (Lipinski definition) is 1. The maximum Gasteiger partial charge on any atom is 0.233 e. The van der Waals surface area contributed by atoms with Crippen LogP contribution in [0.5, 0.6) is 11.6 Å². The van der Waals surface area contributed by atoms with E-state index in [0.717, 1.165) is 4.47 Å². The smallest absolute Gasteiger partial charge is 0.233 e. The van der Waals surface area contributed by atoms with Gasteiger partial charge in [-0.15, -0.1) is 0 Å². The van der Waals surface area contributed by atoms with Gasteiger partial charge in [0, 0.05) is 18.0 Å². The molecule has 0 saturated carbocycles. The molecule has 3 nitrogen and oxygen atoms in total. The van der Waals surface area contributed by atoms with Crippen molar-refractivity contribution < 1.29 is 4.74 Å². The minimum absolute atomic E-state index is 0.454. The molecular weight excluding hydrogens is 291 g/mol. The van der Waals surface area contributed by atoms with Crippen LogP contribution in [0.2, 0.25) is 5.02 Å². The molecule has 0 aliphatic heterocycles. The molecule has 0 atom stereocenters. The van der Waals surface area contributed by atoms with Gasteiger partial charge in [0.05, 0.1) is 9.50 Å². The van der Waals surface area contributed by atoms with Crippen LogP contribution in [0.3, 0.4) is 0 Å². The topological polar surface area (TPSA) is 48.1 Å². The summed E-state index contributed by atoms with van der Waals surface area (Å²) >= 11 is 9.31. The lowest BCUT2D eigenvalue weighted by Crippen LogP contribution is -1.91. The molecule has 0 spiro atoms. The van der Waals surface area contributed by atoms with Crippen LogP contribution < -0.4 is 10.5 Å². The molecule has 0 bridgehead atoms. The molecule has 0 fully saturated rings. The fourth-order valence-corrected chi connectivity index (χ4v) is 1.64. The molecule has 0 saturated heterocycles. The standard InChI is InChI=1S/C11H8BrClN2O/c12-8-2-1-5-15-11(8)16-10-6-7(14)3-4-9(10)13/h1-6H,14H2. The zero-order valence-corrected chi connectivity index (χ0v) is 10.5. The lowest BCUT2D eigenvalue weighted by molar-refractivity contribution is 0.460. The monoisotopic (exact) mass is 298 g/mol. The first kappa shape index (κ1) is 11.2. The molecule has 0 aliphatic rings. The van der Waals surface area contributed by atoms with Crippen LogP contribution >= 0.6 is 27.5 Å². The number of anilines is 1. The first-order valence-electron chi connectivity index (χ1n) is 4.50. The van der Waals surface area contributed by atoms with Crippen LogP contribution in [0.15, 0.2) is 41.0 Å². The molecule has 0 unspecified atom stereocenters. The van der Waals surface area contributed by atoms with Crippen LogP contribution in [0, 0.1) is 0 Å². The van der Waals surface area contributed by atoms with Crippen molar-refractivity contribution in [1.29, 1.82) is 0 Å². The molecule has 2 rings (SSSR count). The largest absolute Gasteiger partial charge is 0.436 e. The number of ether oxygens (including phenoxy) is 1. The van der Waals surface area contributed by atoms with Gasteiger partial charge in [-0.2, -0.15) is 0 Å². The minimum Gasteiger partial charge on any atom is -0.436 e. The molecule has 2 N–H and O–H groups in total. The van der Waals surface area contributed by atoms with Crippen molar-refractivity contribution in [2.24, 2.45) is 0 Å². The van der Waals surface area contributed by atoms with E-state index in [4.69, 9.17) is 22.1 Å². The maximum atomic E-state index is 5.97. The molecular formula is C11H8BrClN2O. The molecule has 0 radical (unpaired) electrons. The van der Waals surface area contributed by atoms with E-state index in [-0.39, 0.29) is 0 Å². The van der Waals surface area contributed by atoms with Gasteiger partial charge < -0.3 is 10.5 Å². The molecule has 0 aliphatic carbocycles. The van der Waals surface area contributed by atoms with Crippen molar-refractivity contribution in [3.05, 3.63) is 46.0 Å². The van der Waals surface area contributed by atoms with Gasteiger partial charge >= 0.3 is 0 Å². The highest BCUT2D eigenvalue weighted by Gasteiger charge is 2.07. The Balaban J connectivity index is 2.34. The fourth-order valence-electron chi connectivity index (χ4n) is 1.15. The summed E-state index contributed by atoms with van der Waals surface area (Å²) in [6, 6.07) is 8.69. The number of aromatic nitrogens is 1. The summed E-state index contributed by atoms with van der Waals surface area (Å²) in [5.74, 6) is 0.941. The Hall–Kier alpha value is -1.26. The second-order valence-electron chi connectivity index (χ2n) is 3.08. The van der Waals surface area contributed by atoms with E-state index in [1.165, 1.54) is 0 Å². The lowest BCUT2D eigenvalue weighted by Gasteiger charge is -2.08. The van der Waals surface area contributed by atoms with Gasteiger partial charge in [0.25, 0.3) is 0 Å². The summed E-state index contributed by atoms with van der Waals surface area (Å²) in [5.41, 5.74) is 6.24. The highest BCUT2D eigenvalue weighted by molar-refractivity contribution is 9.10. The first-order chi connectivity index (χ1) is 7.66. The number of hydrogen-bond acceptors (Lipinski definition) is 3. The number of halogens is 2. The van der Waals surface area contributed by atoms with Gasteiger partial charge in [-0.1, -0.05) is 11.6 Å². The van der Waals surface area contributed by atoms with E-state index in [0.29, 0.717) is 22.3 Å². The van der Waals surface area contributed by atoms with Gasteiger partial charge in [-0.25, -0.2) is 4.98 Å². The fraction of sp³-hybridized carbons (Fsp3) is 0. The van der Waals surface area contributed by atoms with Crippen molar-refractivity contribution >= 4 is 33.2 Å². The lowest BCUT2D eigenvalue weighted by atomic mass is 10.3. The number of benzene rings is 1. The summed E-state index contributed by atoms with van der Waals surface area (Å²) in [4.78, 5) is 4.08. The zero-order valence-electron chi connectivity index (χ0n) is 8.15. The van der Waals surface area contributed by atoms with Crippen molar-refractivity contribution in [3.63, 3.8) is 0 Å². The first-order valence-corrected chi connectivity index (χ1v) is 5.67. The van der Waals surface area contributed by atoms with E-state index in [9.17, 15) is 0 Å². The third kappa shape index (κ3) is 2.46. The Morgan fingerprint density at radius 2 is 2.12 bits per heavy atom. The third-order valence-corrected chi connectivity index (χ3v) is 2.80. The summed E-state index contributed by atoms with van der Waals surface area (Å²) in [5, 5.41) is 0.492. The summed E-state index contributed by atoms with van der Waals surface area (Å²) < 4.78 is 6.31. The SMILES string of the molecule is Nc1ccc(Cl)c(Oc2ncccc2Br)c1. The molecule has 1 heterocycles. The van der Waals surface area contributed by atoms with E-state index in [1.54, 1.807) is 30.5 Å². The highest BCUT2D eigenvalue weighted by Crippen LogP contribution is 2.33. The molecule has 16 heavy (non-hydrogen) atoms. The van der Waals surface area contributed by atoms with Gasteiger partial charge in [-0.05, 0) is 40.2 Å². The number of nitrogens with two attached hydrogens (primary N) is 1. The van der Waals surface area contributed by atoms with Gasteiger partial charge in [0.1, 0.15) is 5.75 Å². The zero-order chi connectivity index (χ0) is 11.5. The Morgan fingerprint density at radius 1 is 1.31 bits per heavy atom. The van der Waals surface area contributed by atoms with Gasteiger partial charge in [-0.3, -0.25) is 0 Å². The van der Waals surface area contributed by atoms with Crippen LogP contribution in [0.4, 0.5) is 5.69 Å². The van der Waals surface area contributed by atoms with Crippen LogP contribution in [0.25, 0.3) is 0 Å². The van der Waals surface area contributed by atoms with Crippen molar-refractivity contribution in [3.8, 4) is 11.6 Å². The van der Waals surface area contributed by atoms with Crippen molar-refractivity contribution in [2.45, 2.75) is 0 Å². The van der Waals surface area contributed by atoms with E-state index < -0.39 is 0 Å². The summed E-state index contributed by atoms with van der Waals surface area (Å²) in [6.07, 6.45) is 1.64. The van der Waals surface area contributed by atoms with Crippen molar-refractivity contribution in [1.82, 2.24) is 4.98 Å². The Bertz CT molecular complexity index is 519. The predicted molar refractivity (Wildman–Crippen MR) is 67.9 cm³/mol. The Morgan fingerprint density at radius 3 is 2.88 bits per heavy atom. The van der Waals surface area contributed by atoms with Crippen LogP contribution in [0.1, 0.15) is 0 Å². The Kier molecular flexibility index (Phi) is 3.31. The van der Waals surface area contributed by atoms with E-state index in [1.807, 2.05) is 6.07 Å². The second kappa shape index (κ2) is 4.72. The average molecular weight is 300 g/mol. The molecule has 1 aromatic carbocycles. The van der Waals surface area contributed by atoms with Crippen LogP contribution in [-0.2, 0) is 0 Å².